The van der Waals surface area contributed by atoms with E-state index < -0.39 is 0 Å². The highest BCUT2D eigenvalue weighted by atomic mass is 32.1. The molecule has 0 saturated heterocycles. The van der Waals surface area contributed by atoms with Gasteiger partial charge >= 0.3 is 0 Å². The normalized spacial score (nSPS) is 17.6. The van der Waals surface area contributed by atoms with Gasteiger partial charge in [0.2, 0.25) is 5.91 Å². The van der Waals surface area contributed by atoms with Gasteiger partial charge < -0.3 is 38.6 Å². The second kappa shape index (κ2) is 14.6. The van der Waals surface area contributed by atoms with E-state index >= 15 is 0 Å². The lowest BCUT2D eigenvalue weighted by molar-refractivity contribution is -0.401. The molecule has 5 aromatic carbocycles. The lowest BCUT2D eigenvalue weighted by atomic mass is 10.0. The first kappa shape index (κ1) is 35.7. The Balaban J connectivity index is 0.951. The number of para-hydroxylation sites is 2. The molecule has 0 spiro atoms. The summed E-state index contributed by atoms with van der Waals surface area (Å²) >= 11 is 4.51. The summed E-state index contributed by atoms with van der Waals surface area (Å²) in [5, 5.41) is 3.51. The quantitative estimate of drug-likeness (QED) is 0.0888. The van der Waals surface area contributed by atoms with Crippen LogP contribution in [0.4, 0.5) is 22.7 Å². The van der Waals surface area contributed by atoms with Crippen LogP contribution in [0.1, 0.15) is 48.5 Å². The number of thiol groups is 1. The number of benzene rings is 5. The minimum atomic E-state index is -0.205. The Hall–Kier alpha value is -5.94. The van der Waals surface area contributed by atoms with Gasteiger partial charge in [0.05, 0.1) is 37.2 Å². The van der Waals surface area contributed by atoms with Crippen molar-refractivity contribution in [3.63, 3.8) is 0 Å². The highest BCUT2D eigenvalue weighted by Crippen LogP contribution is 2.42. The predicted octanol–water partition coefficient (Wildman–Crippen LogP) is 7.14. The monoisotopic (exact) mass is 766 g/mol. The minimum Gasteiger partial charge on any atom is -0.493 e. The summed E-state index contributed by atoms with van der Waals surface area (Å²) in [6.07, 6.45) is 5.78. The van der Waals surface area contributed by atoms with Crippen molar-refractivity contribution >= 4 is 53.4 Å². The summed E-state index contributed by atoms with van der Waals surface area (Å²) in [6.45, 7) is 1.14. The molecule has 5 aromatic rings. The average molecular weight is 767 g/mol. The van der Waals surface area contributed by atoms with Gasteiger partial charge in [-0.1, -0.05) is 48.5 Å². The first-order valence-corrected chi connectivity index (χ1v) is 19.5. The number of nitrogens with one attached hydrogen (secondary N) is 1. The van der Waals surface area contributed by atoms with E-state index in [2.05, 4.69) is 54.5 Å². The SMILES string of the molecule is COc1cc2c(cc1OCc1cc(CCS)cc(COc3cc4c(cc3OC)C(=O)N3c5ccccc5C[C@H]3[C-]=[N+]4C)c1)NC[C@@H]1Cc3ccccc3N1C2=O. The highest BCUT2D eigenvalue weighted by molar-refractivity contribution is 7.80. The maximum atomic E-state index is 14.0. The molecule has 9 rings (SSSR count). The molecular weight excluding hydrogens is 725 g/mol. The number of nitrogens with zero attached hydrogens (tertiary/aromatic N) is 3. The number of fused-ring (bicyclic) bond motifs is 8. The van der Waals surface area contributed by atoms with E-state index in [1.165, 1.54) is 5.56 Å². The van der Waals surface area contributed by atoms with Crippen LogP contribution in [0.5, 0.6) is 23.0 Å². The first-order valence-electron chi connectivity index (χ1n) is 18.8. The maximum absolute atomic E-state index is 14.0. The third-order valence-corrected chi connectivity index (χ3v) is 11.3. The molecule has 284 valence electrons. The fourth-order valence-corrected chi connectivity index (χ4v) is 8.71. The van der Waals surface area contributed by atoms with E-state index in [0.717, 1.165) is 52.2 Å². The second-order valence-corrected chi connectivity index (χ2v) is 15.0. The molecule has 0 radical (unpaired) electrons. The Labute approximate surface area is 331 Å². The van der Waals surface area contributed by atoms with Crippen LogP contribution in [-0.2, 0) is 32.5 Å². The molecule has 0 bridgehead atoms. The molecule has 0 saturated carbocycles. The van der Waals surface area contributed by atoms with Crippen molar-refractivity contribution in [2.45, 2.75) is 44.6 Å². The average Bonchev–Trinajstić information content (AvgIpc) is 3.71. The summed E-state index contributed by atoms with van der Waals surface area (Å²) in [6, 6.07) is 29.5. The van der Waals surface area contributed by atoms with Crippen LogP contribution < -0.4 is 34.1 Å². The number of hydrogen-bond acceptors (Lipinski definition) is 8. The van der Waals surface area contributed by atoms with Gasteiger partial charge in [0.1, 0.15) is 26.0 Å². The summed E-state index contributed by atoms with van der Waals surface area (Å²) in [4.78, 5) is 31.7. The van der Waals surface area contributed by atoms with Gasteiger partial charge in [-0.05, 0) is 89.2 Å². The Morgan fingerprint density at radius 3 is 2.00 bits per heavy atom. The van der Waals surface area contributed by atoms with Crippen molar-refractivity contribution in [2.24, 2.45) is 0 Å². The van der Waals surface area contributed by atoms with Gasteiger partial charge in [0.25, 0.3) is 5.91 Å². The second-order valence-electron chi connectivity index (χ2n) is 14.5. The number of aryl methyl sites for hydroxylation is 1. The van der Waals surface area contributed by atoms with Crippen LogP contribution >= 0.6 is 12.6 Å². The van der Waals surface area contributed by atoms with Gasteiger partial charge in [-0.25, -0.2) is 0 Å². The van der Waals surface area contributed by atoms with Gasteiger partial charge in [-0.2, -0.15) is 12.6 Å². The van der Waals surface area contributed by atoms with E-state index in [0.29, 0.717) is 58.5 Å². The standard InChI is InChI=1S/C45H42N4O6S/c1-47-24-33-18-31-9-5-7-11-38(31)49(33)45(51)35-20-41(53-3)43(22-39(35)47)55-26-29-15-27(12-13-56)14-28(16-29)25-54-42-21-36-34(19-40(42)52-2)44(50)48-32(23-46-36)17-30-8-4-6-10-37(30)48/h4-11,14-16,19-22,32-33,46,56H,12-13,17-18,23,25-26H2,1-3H3/t32-,33-/m0/s1. The van der Waals surface area contributed by atoms with Gasteiger partial charge in [-0.15, -0.1) is 0 Å². The lowest BCUT2D eigenvalue weighted by Gasteiger charge is -2.23. The van der Waals surface area contributed by atoms with E-state index in [9.17, 15) is 9.59 Å². The Bertz CT molecular complexity index is 2430. The summed E-state index contributed by atoms with van der Waals surface area (Å²) in [7, 11) is 5.08. The van der Waals surface area contributed by atoms with Gasteiger partial charge in [0.15, 0.2) is 17.2 Å². The largest absolute Gasteiger partial charge is 0.493 e. The van der Waals surface area contributed by atoms with Crippen molar-refractivity contribution in [3.05, 3.63) is 130 Å². The smallest absolute Gasteiger partial charge is 0.260 e. The topological polar surface area (TPSA) is 92.6 Å². The number of carbonyl (C=O) groups is 2. The molecule has 10 nitrogen and oxygen atoms in total. The van der Waals surface area contributed by atoms with E-state index in [4.69, 9.17) is 18.9 Å². The molecular formula is C45H42N4O6S. The third kappa shape index (κ3) is 6.29. The molecule has 0 aromatic heterocycles. The fraction of sp³-hybridized carbons (Fsp3) is 0.267. The molecule has 4 heterocycles. The number of amides is 2. The van der Waals surface area contributed by atoms with E-state index in [-0.39, 0.29) is 37.1 Å². The van der Waals surface area contributed by atoms with E-state index in [1.807, 2.05) is 70.0 Å². The molecule has 56 heavy (non-hydrogen) atoms. The first-order chi connectivity index (χ1) is 27.3. The van der Waals surface area contributed by atoms with Crippen LogP contribution in [0.25, 0.3) is 0 Å². The lowest BCUT2D eigenvalue weighted by Crippen LogP contribution is -2.39. The molecule has 4 aliphatic rings. The van der Waals surface area contributed by atoms with Crippen molar-refractivity contribution in [1.29, 1.82) is 0 Å². The number of anilines is 3. The van der Waals surface area contributed by atoms with Gasteiger partial charge in [0, 0.05) is 41.8 Å². The zero-order chi connectivity index (χ0) is 38.5. The van der Waals surface area contributed by atoms with E-state index in [1.54, 1.807) is 26.4 Å². The minimum absolute atomic E-state index is 0.0274. The predicted molar refractivity (Wildman–Crippen MR) is 219 cm³/mol. The van der Waals surface area contributed by atoms with Crippen molar-refractivity contribution in [3.8, 4) is 23.0 Å². The van der Waals surface area contributed by atoms with Gasteiger partial charge in [-0.3, -0.25) is 9.59 Å². The number of ether oxygens (including phenoxy) is 4. The van der Waals surface area contributed by atoms with Crippen molar-refractivity contribution in [1.82, 2.24) is 0 Å². The number of rotatable bonds is 10. The summed E-state index contributed by atoms with van der Waals surface area (Å²) in [5.74, 6) is 2.54. The summed E-state index contributed by atoms with van der Waals surface area (Å²) < 4.78 is 26.3. The molecule has 0 fully saturated rings. The van der Waals surface area contributed by atoms with Crippen LogP contribution in [-0.4, -0.2) is 68.3 Å². The number of hydrogen-bond donors (Lipinski definition) is 2. The Morgan fingerprint density at radius 1 is 0.732 bits per heavy atom. The molecule has 0 unspecified atom stereocenters. The molecule has 2 amide bonds. The van der Waals surface area contributed by atoms with Crippen molar-refractivity contribution < 1.29 is 33.1 Å². The molecule has 0 aliphatic carbocycles. The van der Waals surface area contributed by atoms with Crippen molar-refractivity contribution in [2.75, 3.05) is 48.7 Å². The van der Waals surface area contributed by atoms with Crippen LogP contribution in [0.15, 0.2) is 91.0 Å². The molecule has 1 N–H and O–H groups in total. The molecule has 4 aliphatic heterocycles. The number of carbonyl (C=O) groups excluding carboxylic acids is 2. The van der Waals surface area contributed by atoms with Crippen LogP contribution in [0.3, 0.4) is 0 Å². The van der Waals surface area contributed by atoms with Crippen LogP contribution in [0.2, 0.25) is 0 Å². The van der Waals surface area contributed by atoms with Crippen LogP contribution in [0, 0.1) is 0 Å². The maximum Gasteiger partial charge on any atom is 0.260 e. The molecule has 11 heteroatoms. The fourth-order valence-electron chi connectivity index (χ4n) is 8.45. The Kier molecular flexibility index (Phi) is 9.33. The Morgan fingerprint density at radius 2 is 1.32 bits per heavy atom. The third-order valence-electron chi connectivity index (χ3n) is 11.1. The zero-order valence-corrected chi connectivity index (χ0v) is 32.4. The molecule has 2 atom stereocenters. The zero-order valence-electron chi connectivity index (χ0n) is 31.5. The number of methoxy groups -OCH3 is 2. The summed E-state index contributed by atoms with van der Waals surface area (Å²) in [5.41, 5.74) is 9.68. The highest BCUT2D eigenvalue weighted by Gasteiger charge is 2.38.